The Labute approximate surface area is 225 Å². The van der Waals surface area contributed by atoms with E-state index in [4.69, 9.17) is 0 Å². The molecule has 37 heavy (non-hydrogen) atoms. The van der Waals surface area contributed by atoms with Crippen molar-refractivity contribution in [3.8, 4) is 0 Å². The van der Waals surface area contributed by atoms with Crippen molar-refractivity contribution < 1.29 is 9.90 Å². The second-order valence-electron chi connectivity index (χ2n) is 13.1. The van der Waals surface area contributed by atoms with Crippen LogP contribution >= 0.6 is 0 Å². The van der Waals surface area contributed by atoms with Crippen molar-refractivity contribution in [2.24, 2.45) is 28.6 Å². The van der Waals surface area contributed by atoms with E-state index in [2.05, 4.69) is 43.0 Å². The Morgan fingerprint density at radius 1 is 1.05 bits per heavy atom. The van der Waals surface area contributed by atoms with Gasteiger partial charge < -0.3 is 10.4 Å². The highest BCUT2D eigenvalue weighted by Crippen LogP contribution is 2.64. The standard InChI is InChI=1S/C32H51N3O2/c1-23-11-14-27-26(12-15-28-31(2,3)29(36)17-19-32(27,28)4)25(23)13-16-30(37)34-20-9-7-5-6-8-10-24-18-21-33-22-35-24/h18,21-22,26-29,36H,5-17,19-20H2,1-4H3,(H,34,37)/t26?,27?,28?,29-,32+/m0/s1. The molecule has 206 valence electrons. The molecule has 2 N–H and O–H groups in total. The highest BCUT2D eigenvalue weighted by Gasteiger charge is 2.58. The van der Waals surface area contributed by atoms with Crippen LogP contribution in [0.3, 0.4) is 0 Å². The van der Waals surface area contributed by atoms with Gasteiger partial charge in [0.05, 0.1) is 6.10 Å². The predicted octanol–water partition coefficient (Wildman–Crippen LogP) is 6.81. The Morgan fingerprint density at radius 3 is 2.62 bits per heavy atom. The fourth-order valence-corrected chi connectivity index (χ4v) is 8.42. The number of fused-ring (bicyclic) bond motifs is 3. The minimum absolute atomic E-state index is 0.00500. The third kappa shape index (κ3) is 6.46. The van der Waals surface area contributed by atoms with Crippen LogP contribution in [0.25, 0.3) is 0 Å². The topological polar surface area (TPSA) is 75.1 Å². The Balaban J connectivity index is 1.18. The number of carbonyl (C=O) groups excluding carboxylic acids is 1. The van der Waals surface area contributed by atoms with Gasteiger partial charge in [-0.05, 0) is 106 Å². The number of nitrogens with one attached hydrogen (secondary N) is 1. The van der Waals surface area contributed by atoms with E-state index in [1.807, 2.05) is 12.3 Å². The van der Waals surface area contributed by atoms with Gasteiger partial charge in [0.15, 0.2) is 0 Å². The van der Waals surface area contributed by atoms with Gasteiger partial charge in [-0.1, -0.05) is 51.2 Å². The quantitative estimate of drug-likeness (QED) is 0.254. The third-order valence-corrected chi connectivity index (χ3v) is 10.6. The number of aliphatic hydroxyl groups is 1. The van der Waals surface area contributed by atoms with E-state index in [1.165, 1.54) is 44.9 Å². The lowest BCUT2D eigenvalue weighted by Crippen LogP contribution is -2.56. The normalized spacial score (nSPS) is 30.9. The largest absolute Gasteiger partial charge is 0.393 e. The molecule has 1 aromatic rings. The summed E-state index contributed by atoms with van der Waals surface area (Å²) in [5, 5.41) is 13.9. The second-order valence-corrected chi connectivity index (χ2v) is 13.1. The van der Waals surface area contributed by atoms with Gasteiger partial charge >= 0.3 is 0 Å². The lowest BCUT2D eigenvalue weighted by atomic mass is 9.43. The number of unbranched alkanes of at least 4 members (excludes halogenated alkanes) is 4. The number of hydrogen-bond acceptors (Lipinski definition) is 4. The van der Waals surface area contributed by atoms with Crippen molar-refractivity contribution in [3.63, 3.8) is 0 Å². The zero-order chi connectivity index (χ0) is 26.5. The fourth-order valence-electron chi connectivity index (χ4n) is 8.42. The first-order chi connectivity index (χ1) is 17.7. The first-order valence-electron chi connectivity index (χ1n) is 15.1. The molecule has 5 nitrogen and oxygen atoms in total. The summed E-state index contributed by atoms with van der Waals surface area (Å²) in [5.41, 5.74) is 4.59. The van der Waals surface area contributed by atoms with Crippen LogP contribution in [-0.4, -0.2) is 33.6 Å². The Hall–Kier alpha value is -1.75. The van der Waals surface area contributed by atoms with Gasteiger partial charge in [0.1, 0.15) is 6.33 Å². The van der Waals surface area contributed by atoms with E-state index in [0.29, 0.717) is 29.6 Å². The number of rotatable bonds is 11. The predicted molar refractivity (Wildman–Crippen MR) is 150 cm³/mol. The number of nitrogens with zero attached hydrogens (tertiary/aromatic N) is 2. The van der Waals surface area contributed by atoms with Crippen molar-refractivity contribution in [2.45, 2.75) is 124 Å². The molecule has 0 saturated heterocycles. The molecule has 1 amide bonds. The molecule has 4 rings (SSSR count). The highest BCUT2D eigenvalue weighted by molar-refractivity contribution is 5.76. The minimum atomic E-state index is -0.171. The minimum Gasteiger partial charge on any atom is -0.393 e. The monoisotopic (exact) mass is 509 g/mol. The molecule has 0 bridgehead atoms. The molecule has 2 fully saturated rings. The number of hydrogen-bond donors (Lipinski definition) is 2. The maximum Gasteiger partial charge on any atom is 0.220 e. The fraction of sp³-hybridized carbons (Fsp3) is 0.781. The number of allylic oxidation sites excluding steroid dienone is 2. The van der Waals surface area contributed by atoms with E-state index < -0.39 is 0 Å². The molecular formula is C32H51N3O2. The molecule has 0 spiro atoms. The summed E-state index contributed by atoms with van der Waals surface area (Å²) in [6, 6.07) is 1.99. The maximum absolute atomic E-state index is 12.7. The van der Waals surface area contributed by atoms with Crippen LogP contribution in [0.4, 0.5) is 0 Å². The molecule has 5 atom stereocenters. The van der Waals surface area contributed by atoms with E-state index >= 15 is 0 Å². The maximum atomic E-state index is 12.7. The van der Waals surface area contributed by atoms with Crippen LogP contribution in [0, 0.1) is 28.6 Å². The van der Waals surface area contributed by atoms with Crippen LogP contribution in [-0.2, 0) is 11.2 Å². The van der Waals surface area contributed by atoms with Crippen LogP contribution in [0.1, 0.15) is 117 Å². The van der Waals surface area contributed by atoms with Gasteiger partial charge in [-0.2, -0.15) is 0 Å². The van der Waals surface area contributed by atoms with Gasteiger partial charge in [0.25, 0.3) is 0 Å². The van der Waals surface area contributed by atoms with Gasteiger partial charge in [0.2, 0.25) is 5.91 Å². The van der Waals surface area contributed by atoms with Crippen molar-refractivity contribution in [1.29, 1.82) is 0 Å². The second kappa shape index (κ2) is 12.4. The molecule has 0 radical (unpaired) electrons. The lowest BCUT2D eigenvalue weighted by molar-refractivity contribution is -0.149. The summed E-state index contributed by atoms with van der Waals surface area (Å²) in [7, 11) is 0. The van der Waals surface area contributed by atoms with Crippen LogP contribution in [0.2, 0.25) is 0 Å². The molecule has 1 aromatic heterocycles. The van der Waals surface area contributed by atoms with Crippen molar-refractivity contribution in [1.82, 2.24) is 15.3 Å². The van der Waals surface area contributed by atoms with Gasteiger partial charge in [-0.15, -0.1) is 0 Å². The Morgan fingerprint density at radius 2 is 1.84 bits per heavy atom. The SMILES string of the molecule is CC1=C(CCC(=O)NCCCCCCCc2ccncn2)C2CCC3C(C)(C)[C@@H](O)CC[C@]3(C)C2CC1. The summed E-state index contributed by atoms with van der Waals surface area (Å²) < 4.78 is 0. The number of aromatic nitrogens is 2. The number of aliphatic hydroxyl groups excluding tert-OH is 1. The zero-order valence-corrected chi connectivity index (χ0v) is 23.9. The van der Waals surface area contributed by atoms with Crippen molar-refractivity contribution in [2.75, 3.05) is 6.54 Å². The van der Waals surface area contributed by atoms with E-state index in [0.717, 1.165) is 50.8 Å². The van der Waals surface area contributed by atoms with Gasteiger partial charge in [0, 0.05) is 24.9 Å². The Bertz CT molecular complexity index is 927. The van der Waals surface area contributed by atoms with E-state index in [1.54, 1.807) is 17.5 Å². The van der Waals surface area contributed by atoms with Crippen LogP contribution in [0.5, 0.6) is 0 Å². The van der Waals surface area contributed by atoms with E-state index in [-0.39, 0.29) is 17.4 Å². The first-order valence-corrected chi connectivity index (χ1v) is 15.1. The average Bonchev–Trinajstić information content (AvgIpc) is 2.88. The molecule has 3 aliphatic carbocycles. The highest BCUT2D eigenvalue weighted by atomic mass is 16.3. The van der Waals surface area contributed by atoms with Gasteiger partial charge in [-0.3, -0.25) is 4.79 Å². The summed E-state index contributed by atoms with van der Waals surface area (Å²) in [6.07, 6.45) is 18.6. The van der Waals surface area contributed by atoms with E-state index in [9.17, 15) is 9.90 Å². The molecule has 5 heteroatoms. The van der Waals surface area contributed by atoms with Crippen LogP contribution in [0.15, 0.2) is 29.7 Å². The molecule has 1 heterocycles. The summed E-state index contributed by atoms with van der Waals surface area (Å²) in [6.45, 7) is 10.2. The molecular weight excluding hydrogens is 458 g/mol. The zero-order valence-electron chi connectivity index (χ0n) is 23.9. The van der Waals surface area contributed by atoms with Crippen molar-refractivity contribution >= 4 is 5.91 Å². The Kier molecular flexibility index (Phi) is 9.48. The summed E-state index contributed by atoms with van der Waals surface area (Å²) in [4.78, 5) is 20.9. The number of aryl methyl sites for hydroxylation is 1. The average molecular weight is 510 g/mol. The lowest BCUT2D eigenvalue weighted by Gasteiger charge is -2.62. The smallest absolute Gasteiger partial charge is 0.220 e. The molecule has 0 aliphatic heterocycles. The van der Waals surface area contributed by atoms with Crippen LogP contribution < -0.4 is 5.32 Å². The number of carbonyl (C=O) groups is 1. The first kappa shape index (κ1) is 28.3. The third-order valence-electron chi connectivity index (χ3n) is 10.6. The van der Waals surface area contributed by atoms with Gasteiger partial charge in [-0.25, -0.2) is 9.97 Å². The summed E-state index contributed by atoms with van der Waals surface area (Å²) >= 11 is 0. The molecule has 0 aromatic carbocycles. The molecule has 3 unspecified atom stereocenters. The van der Waals surface area contributed by atoms with Crippen molar-refractivity contribution in [3.05, 3.63) is 35.4 Å². The number of amides is 1. The molecule has 3 aliphatic rings. The summed E-state index contributed by atoms with van der Waals surface area (Å²) in [5.74, 6) is 2.15. The molecule has 2 saturated carbocycles.